The molecule has 1 aromatic carbocycles. The topological polar surface area (TPSA) is 28.7 Å². The van der Waals surface area contributed by atoms with Gasteiger partial charge in [-0.3, -0.25) is 5.10 Å². The van der Waals surface area contributed by atoms with Gasteiger partial charge in [-0.05, 0) is 17.5 Å². The number of hydrogen-bond donors (Lipinski definition) is 1. The first-order valence-electron chi connectivity index (χ1n) is 4.93. The van der Waals surface area contributed by atoms with Gasteiger partial charge >= 0.3 is 0 Å². The second kappa shape index (κ2) is 4.47. The highest BCUT2D eigenvalue weighted by Crippen LogP contribution is 2.21. The van der Waals surface area contributed by atoms with Gasteiger partial charge in [-0.1, -0.05) is 30.3 Å². The van der Waals surface area contributed by atoms with E-state index in [1.165, 1.54) is 5.56 Å². The van der Waals surface area contributed by atoms with E-state index in [0.29, 0.717) is 0 Å². The Morgan fingerprint density at radius 3 is 2.80 bits per heavy atom. The zero-order chi connectivity index (χ0) is 10.5. The van der Waals surface area contributed by atoms with Gasteiger partial charge in [0.25, 0.3) is 0 Å². The first kappa shape index (κ1) is 9.54. The summed E-state index contributed by atoms with van der Waals surface area (Å²) in [4.78, 5) is 0. The second-order valence-corrected chi connectivity index (χ2v) is 3.34. The Labute approximate surface area is 89.3 Å². The molecule has 0 atom stereocenters. The Kier molecular flexibility index (Phi) is 2.85. The molecule has 1 N–H and O–H groups in total. The molecule has 2 nitrogen and oxygen atoms in total. The summed E-state index contributed by atoms with van der Waals surface area (Å²) in [6, 6.07) is 10.2. The van der Waals surface area contributed by atoms with Gasteiger partial charge in [-0.25, -0.2) is 0 Å². The van der Waals surface area contributed by atoms with Crippen LogP contribution in [0.4, 0.5) is 0 Å². The van der Waals surface area contributed by atoms with Gasteiger partial charge in [-0.15, -0.1) is 12.3 Å². The lowest BCUT2D eigenvalue weighted by Crippen LogP contribution is -1.86. The molecule has 0 saturated carbocycles. The second-order valence-electron chi connectivity index (χ2n) is 3.34. The van der Waals surface area contributed by atoms with E-state index in [1.54, 1.807) is 0 Å². The monoisotopic (exact) mass is 196 g/mol. The number of nitrogens with one attached hydrogen (secondary N) is 1. The van der Waals surface area contributed by atoms with Crippen molar-refractivity contribution in [1.29, 1.82) is 0 Å². The molecular weight excluding hydrogens is 184 g/mol. The first-order valence-corrected chi connectivity index (χ1v) is 4.93. The van der Waals surface area contributed by atoms with Crippen LogP contribution in [0.15, 0.2) is 36.5 Å². The van der Waals surface area contributed by atoms with Crippen LogP contribution < -0.4 is 0 Å². The predicted molar refractivity (Wildman–Crippen MR) is 61.2 cm³/mol. The van der Waals surface area contributed by atoms with Crippen LogP contribution in [0.25, 0.3) is 11.3 Å². The number of H-pyrrole nitrogens is 1. The molecule has 0 saturated heterocycles. The smallest absolute Gasteiger partial charge is 0.0682 e. The fourth-order valence-electron chi connectivity index (χ4n) is 1.56. The third-order valence-electron chi connectivity index (χ3n) is 2.32. The van der Waals surface area contributed by atoms with Gasteiger partial charge < -0.3 is 0 Å². The minimum absolute atomic E-state index is 0.749. The fraction of sp³-hybridized carbons (Fsp3) is 0.154. The van der Waals surface area contributed by atoms with Crippen molar-refractivity contribution in [3.63, 3.8) is 0 Å². The average Bonchev–Trinajstić information content (AvgIpc) is 2.75. The van der Waals surface area contributed by atoms with Crippen molar-refractivity contribution < 1.29 is 0 Å². The highest BCUT2D eigenvalue weighted by atomic mass is 15.1. The van der Waals surface area contributed by atoms with E-state index in [4.69, 9.17) is 6.42 Å². The minimum atomic E-state index is 0.749. The Bertz CT molecular complexity index is 463. The van der Waals surface area contributed by atoms with E-state index in [0.717, 1.165) is 24.1 Å². The number of aromatic amines is 1. The number of nitrogens with zero attached hydrogens (tertiary/aromatic N) is 1. The van der Waals surface area contributed by atoms with Gasteiger partial charge in [0.2, 0.25) is 0 Å². The lowest BCUT2D eigenvalue weighted by molar-refractivity contribution is 1.03. The molecule has 0 bridgehead atoms. The van der Waals surface area contributed by atoms with Crippen LogP contribution in [-0.2, 0) is 6.42 Å². The van der Waals surface area contributed by atoms with Gasteiger partial charge in [0.15, 0.2) is 0 Å². The van der Waals surface area contributed by atoms with Gasteiger partial charge in [0, 0.05) is 6.42 Å². The van der Waals surface area contributed by atoms with Gasteiger partial charge in [0.1, 0.15) is 0 Å². The molecule has 0 amide bonds. The summed E-state index contributed by atoms with van der Waals surface area (Å²) < 4.78 is 0. The summed E-state index contributed by atoms with van der Waals surface area (Å²) in [5.41, 5.74) is 3.41. The van der Waals surface area contributed by atoms with Crippen molar-refractivity contribution >= 4 is 0 Å². The standard InChI is InChI=1S/C13H12N2/c1-2-3-7-12-10-14-15-13(12)11-8-5-4-6-9-11/h1,4-6,8-10H,3,7H2,(H,14,15). The van der Waals surface area contributed by atoms with Crippen molar-refractivity contribution in [1.82, 2.24) is 10.2 Å². The van der Waals surface area contributed by atoms with Crippen molar-refractivity contribution in [2.45, 2.75) is 12.8 Å². The molecule has 0 spiro atoms. The minimum Gasteiger partial charge on any atom is -0.278 e. The zero-order valence-corrected chi connectivity index (χ0v) is 8.40. The number of aromatic nitrogens is 2. The number of terminal acetylenes is 1. The van der Waals surface area contributed by atoms with E-state index in [-0.39, 0.29) is 0 Å². The Morgan fingerprint density at radius 2 is 2.07 bits per heavy atom. The van der Waals surface area contributed by atoms with Crippen molar-refractivity contribution in [3.05, 3.63) is 42.1 Å². The molecule has 2 heteroatoms. The molecule has 0 aliphatic rings. The van der Waals surface area contributed by atoms with Crippen molar-refractivity contribution in [3.8, 4) is 23.6 Å². The molecule has 0 aliphatic heterocycles. The van der Waals surface area contributed by atoms with Crippen LogP contribution in [0.3, 0.4) is 0 Å². The predicted octanol–water partition coefficient (Wildman–Crippen LogP) is 2.64. The van der Waals surface area contributed by atoms with E-state index in [1.807, 2.05) is 24.4 Å². The third-order valence-corrected chi connectivity index (χ3v) is 2.32. The quantitative estimate of drug-likeness (QED) is 0.751. The summed E-state index contributed by atoms with van der Waals surface area (Å²) >= 11 is 0. The number of rotatable bonds is 3. The molecule has 0 radical (unpaired) electrons. The first-order chi connectivity index (χ1) is 7.42. The van der Waals surface area contributed by atoms with Crippen LogP contribution in [0.1, 0.15) is 12.0 Å². The number of hydrogen-bond acceptors (Lipinski definition) is 1. The lowest BCUT2D eigenvalue weighted by atomic mass is 10.1. The van der Waals surface area contributed by atoms with Crippen molar-refractivity contribution in [2.24, 2.45) is 0 Å². The number of aryl methyl sites for hydroxylation is 1. The third kappa shape index (κ3) is 2.08. The van der Waals surface area contributed by atoms with Crippen LogP contribution in [0, 0.1) is 12.3 Å². The molecule has 0 fully saturated rings. The summed E-state index contributed by atoms with van der Waals surface area (Å²) in [5.74, 6) is 2.64. The molecule has 0 unspecified atom stereocenters. The molecule has 2 rings (SSSR count). The largest absolute Gasteiger partial charge is 0.278 e. The van der Waals surface area contributed by atoms with E-state index in [2.05, 4.69) is 28.3 Å². The fourth-order valence-corrected chi connectivity index (χ4v) is 1.56. The molecule has 2 aromatic rings. The molecule has 1 heterocycles. The maximum Gasteiger partial charge on any atom is 0.0682 e. The highest BCUT2D eigenvalue weighted by molar-refractivity contribution is 5.62. The molecule has 74 valence electrons. The Hall–Kier alpha value is -2.01. The summed E-state index contributed by atoms with van der Waals surface area (Å²) in [7, 11) is 0. The van der Waals surface area contributed by atoms with E-state index in [9.17, 15) is 0 Å². The molecule has 1 aromatic heterocycles. The summed E-state index contributed by atoms with van der Waals surface area (Å²) in [6.45, 7) is 0. The SMILES string of the molecule is C#CCCc1cn[nH]c1-c1ccccc1. The Morgan fingerprint density at radius 1 is 1.27 bits per heavy atom. The summed E-state index contributed by atoms with van der Waals surface area (Å²) in [5, 5.41) is 7.07. The van der Waals surface area contributed by atoms with E-state index < -0.39 is 0 Å². The normalized spacial score (nSPS) is 9.80. The Balaban J connectivity index is 2.30. The summed E-state index contributed by atoms with van der Waals surface area (Å²) in [6.07, 6.45) is 8.72. The van der Waals surface area contributed by atoms with Crippen LogP contribution >= 0.6 is 0 Å². The highest BCUT2D eigenvalue weighted by Gasteiger charge is 2.05. The van der Waals surface area contributed by atoms with Gasteiger partial charge in [0.05, 0.1) is 11.9 Å². The van der Waals surface area contributed by atoms with Gasteiger partial charge in [-0.2, -0.15) is 5.10 Å². The molecule has 15 heavy (non-hydrogen) atoms. The maximum absolute atomic E-state index is 5.25. The maximum atomic E-state index is 5.25. The average molecular weight is 196 g/mol. The molecular formula is C13H12N2. The molecule has 0 aliphatic carbocycles. The van der Waals surface area contributed by atoms with Crippen molar-refractivity contribution in [2.75, 3.05) is 0 Å². The lowest BCUT2D eigenvalue weighted by Gasteiger charge is -2.00. The zero-order valence-electron chi connectivity index (χ0n) is 8.40. The van der Waals surface area contributed by atoms with Crippen LogP contribution in [0.5, 0.6) is 0 Å². The van der Waals surface area contributed by atoms with Crippen LogP contribution in [0.2, 0.25) is 0 Å². The number of benzene rings is 1. The van der Waals surface area contributed by atoms with E-state index >= 15 is 0 Å². The van der Waals surface area contributed by atoms with Crippen LogP contribution in [-0.4, -0.2) is 10.2 Å².